The van der Waals surface area contributed by atoms with Crippen LogP contribution in [0.1, 0.15) is 17.0 Å². The Kier molecular flexibility index (Phi) is 3.59. The number of hydrogen-bond acceptors (Lipinski definition) is 2. The van der Waals surface area contributed by atoms with E-state index in [-0.39, 0.29) is 0 Å². The first kappa shape index (κ1) is 13.9. The van der Waals surface area contributed by atoms with E-state index < -0.39 is 0 Å². The van der Waals surface area contributed by atoms with Crippen LogP contribution in [0.15, 0.2) is 36.4 Å². The Balaban J connectivity index is 2.10. The minimum Gasteiger partial charge on any atom is -0.324 e. The number of imidazole rings is 1. The molecule has 3 aromatic rings. The van der Waals surface area contributed by atoms with Crippen molar-refractivity contribution in [3.63, 3.8) is 0 Å². The van der Waals surface area contributed by atoms with E-state index in [0.717, 1.165) is 22.4 Å². The van der Waals surface area contributed by atoms with E-state index in [1.165, 1.54) is 0 Å². The Bertz CT molecular complexity index is 875. The Morgan fingerprint density at radius 2 is 1.95 bits per heavy atom. The lowest BCUT2D eigenvalue weighted by Gasteiger charge is -2.08. The second-order valence-corrected chi connectivity index (χ2v) is 5.63. The van der Waals surface area contributed by atoms with Crippen LogP contribution in [0.5, 0.6) is 0 Å². The van der Waals surface area contributed by atoms with E-state index in [0.29, 0.717) is 22.2 Å². The molecule has 0 amide bonds. The van der Waals surface area contributed by atoms with Gasteiger partial charge >= 0.3 is 0 Å². The zero-order valence-electron chi connectivity index (χ0n) is 11.3. The summed E-state index contributed by atoms with van der Waals surface area (Å²) in [5.41, 5.74) is 3.45. The van der Waals surface area contributed by atoms with Gasteiger partial charge in [-0.2, -0.15) is 5.26 Å². The Labute approximate surface area is 132 Å². The van der Waals surface area contributed by atoms with Crippen LogP contribution in [0, 0.1) is 18.3 Å². The minimum absolute atomic E-state index is 0.500. The molecule has 0 aliphatic rings. The summed E-state index contributed by atoms with van der Waals surface area (Å²) in [7, 11) is 0. The van der Waals surface area contributed by atoms with Gasteiger partial charge in [0, 0.05) is 6.54 Å². The fourth-order valence-electron chi connectivity index (χ4n) is 2.36. The van der Waals surface area contributed by atoms with Crippen molar-refractivity contribution < 1.29 is 0 Å². The van der Waals surface area contributed by atoms with Crippen molar-refractivity contribution in [2.24, 2.45) is 0 Å². The second-order valence-electron chi connectivity index (χ2n) is 4.81. The third-order valence-corrected chi connectivity index (χ3v) is 4.10. The van der Waals surface area contributed by atoms with E-state index in [1.54, 1.807) is 12.1 Å². The molecule has 0 N–H and O–H groups in total. The molecule has 3 nitrogen and oxygen atoms in total. The Hall–Kier alpha value is -2.02. The van der Waals surface area contributed by atoms with Gasteiger partial charge in [0.15, 0.2) is 0 Å². The van der Waals surface area contributed by atoms with Crippen LogP contribution in [0.4, 0.5) is 0 Å². The number of nitriles is 1. The van der Waals surface area contributed by atoms with Crippen LogP contribution in [0.2, 0.25) is 10.0 Å². The number of benzene rings is 2. The van der Waals surface area contributed by atoms with Crippen LogP contribution < -0.4 is 0 Å². The van der Waals surface area contributed by atoms with Crippen molar-refractivity contribution in [1.82, 2.24) is 9.55 Å². The van der Waals surface area contributed by atoms with Gasteiger partial charge < -0.3 is 4.57 Å². The van der Waals surface area contributed by atoms with Crippen LogP contribution in [-0.4, -0.2) is 9.55 Å². The highest BCUT2D eigenvalue weighted by molar-refractivity contribution is 6.42. The maximum atomic E-state index is 8.98. The monoisotopic (exact) mass is 315 g/mol. The van der Waals surface area contributed by atoms with Gasteiger partial charge in [0.1, 0.15) is 5.82 Å². The molecule has 0 radical (unpaired) electrons. The van der Waals surface area contributed by atoms with Gasteiger partial charge in [0.05, 0.1) is 32.7 Å². The van der Waals surface area contributed by atoms with E-state index in [2.05, 4.69) is 15.6 Å². The van der Waals surface area contributed by atoms with Crippen molar-refractivity contribution in [3.05, 3.63) is 63.4 Å². The summed E-state index contributed by atoms with van der Waals surface area (Å²) < 4.78 is 2.06. The van der Waals surface area contributed by atoms with Gasteiger partial charge in [0.25, 0.3) is 0 Å². The summed E-state index contributed by atoms with van der Waals surface area (Å²) in [4.78, 5) is 4.51. The average molecular weight is 316 g/mol. The summed E-state index contributed by atoms with van der Waals surface area (Å²) in [6.45, 7) is 2.58. The summed E-state index contributed by atoms with van der Waals surface area (Å²) in [5.74, 6) is 0.880. The SMILES string of the molecule is Cc1nc2cc(Cl)c(Cl)cc2n1Cc1cccc(C#N)c1. The Morgan fingerprint density at radius 3 is 2.71 bits per heavy atom. The predicted octanol–water partition coefficient (Wildman–Crippen LogP) is 4.57. The Morgan fingerprint density at radius 1 is 1.19 bits per heavy atom. The molecular formula is C16H11Cl2N3. The molecular weight excluding hydrogens is 305 g/mol. The average Bonchev–Trinajstić information content (AvgIpc) is 2.76. The quantitative estimate of drug-likeness (QED) is 0.695. The van der Waals surface area contributed by atoms with Gasteiger partial charge in [-0.15, -0.1) is 0 Å². The third-order valence-electron chi connectivity index (χ3n) is 3.38. The normalized spacial score (nSPS) is 10.8. The number of nitrogens with zero attached hydrogens (tertiary/aromatic N) is 3. The number of rotatable bonds is 2. The van der Waals surface area contributed by atoms with Crippen LogP contribution in [0.25, 0.3) is 11.0 Å². The summed E-state index contributed by atoms with van der Waals surface area (Å²) in [5, 5.41) is 9.99. The third kappa shape index (κ3) is 2.61. The minimum atomic E-state index is 0.500. The van der Waals surface area contributed by atoms with Gasteiger partial charge in [-0.25, -0.2) is 4.98 Å². The van der Waals surface area contributed by atoms with Gasteiger partial charge in [-0.05, 0) is 36.8 Å². The molecule has 2 aromatic carbocycles. The maximum absolute atomic E-state index is 8.98. The van der Waals surface area contributed by atoms with Crippen molar-refractivity contribution in [2.45, 2.75) is 13.5 Å². The molecule has 0 spiro atoms. The first-order valence-corrected chi connectivity index (χ1v) is 7.15. The second kappa shape index (κ2) is 5.40. The molecule has 0 saturated heterocycles. The molecule has 0 aliphatic carbocycles. The van der Waals surface area contributed by atoms with E-state index >= 15 is 0 Å². The number of fused-ring (bicyclic) bond motifs is 1. The molecule has 21 heavy (non-hydrogen) atoms. The van der Waals surface area contributed by atoms with E-state index in [9.17, 15) is 0 Å². The highest BCUT2D eigenvalue weighted by atomic mass is 35.5. The topological polar surface area (TPSA) is 41.6 Å². The lowest BCUT2D eigenvalue weighted by molar-refractivity contribution is 0.786. The fraction of sp³-hybridized carbons (Fsp3) is 0.125. The first-order valence-electron chi connectivity index (χ1n) is 6.39. The zero-order valence-corrected chi connectivity index (χ0v) is 12.8. The van der Waals surface area contributed by atoms with Gasteiger partial charge in [0.2, 0.25) is 0 Å². The van der Waals surface area contributed by atoms with E-state index in [1.807, 2.05) is 31.2 Å². The van der Waals surface area contributed by atoms with Crippen LogP contribution >= 0.6 is 23.2 Å². The lowest BCUT2D eigenvalue weighted by atomic mass is 10.1. The lowest BCUT2D eigenvalue weighted by Crippen LogP contribution is -2.02. The molecule has 3 rings (SSSR count). The molecule has 1 aromatic heterocycles. The van der Waals surface area contributed by atoms with Crippen LogP contribution in [-0.2, 0) is 6.54 Å². The van der Waals surface area contributed by atoms with Crippen LogP contribution in [0.3, 0.4) is 0 Å². The van der Waals surface area contributed by atoms with Crippen molar-refractivity contribution >= 4 is 34.2 Å². The zero-order chi connectivity index (χ0) is 15.0. The molecule has 5 heteroatoms. The highest BCUT2D eigenvalue weighted by Gasteiger charge is 2.11. The molecule has 0 fully saturated rings. The number of aryl methyl sites for hydroxylation is 1. The highest BCUT2D eigenvalue weighted by Crippen LogP contribution is 2.28. The first-order chi connectivity index (χ1) is 10.1. The number of halogens is 2. The molecule has 0 saturated carbocycles. The largest absolute Gasteiger partial charge is 0.324 e. The molecule has 1 heterocycles. The summed E-state index contributed by atoms with van der Waals surface area (Å²) in [6, 6.07) is 13.3. The predicted molar refractivity (Wildman–Crippen MR) is 84.7 cm³/mol. The summed E-state index contributed by atoms with van der Waals surface area (Å²) in [6.07, 6.45) is 0. The smallest absolute Gasteiger partial charge is 0.107 e. The fourth-order valence-corrected chi connectivity index (χ4v) is 2.68. The molecule has 104 valence electrons. The van der Waals surface area contributed by atoms with Gasteiger partial charge in [-0.3, -0.25) is 0 Å². The molecule has 0 unspecified atom stereocenters. The molecule has 0 bridgehead atoms. The van der Waals surface area contributed by atoms with Crippen molar-refractivity contribution in [3.8, 4) is 6.07 Å². The number of hydrogen-bond donors (Lipinski definition) is 0. The summed E-state index contributed by atoms with van der Waals surface area (Å²) >= 11 is 12.1. The molecule has 0 aliphatic heterocycles. The maximum Gasteiger partial charge on any atom is 0.107 e. The number of aromatic nitrogens is 2. The standard InChI is InChI=1S/C16H11Cl2N3/c1-10-20-15-6-13(17)14(18)7-16(15)21(10)9-12-4-2-3-11(5-12)8-19/h2-7H,9H2,1H3. The van der Waals surface area contributed by atoms with E-state index in [4.69, 9.17) is 28.5 Å². The van der Waals surface area contributed by atoms with Crippen molar-refractivity contribution in [1.29, 1.82) is 5.26 Å². The van der Waals surface area contributed by atoms with Gasteiger partial charge in [-0.1, -0.05) is 35.3 Å². The molecule has 0 atom stereocenters. The van der Waals surface area contributed by atoms with Crippen molar-refractivity contribution in [2.75, 3.05) is 0 Å².